The third-order valence-corrected chi connectivity index (χ3v) is 4.26. The van der Waals surface area contributed by atoms with E-state index < -0.39 is 18.0 Å². The van der Waals surface area contributed by atoms with Gasteiger partial charge in [-0.2, -0.15) is 5.10 Å². The van der Waals surface area contributed by atoms with Crippen LogP contribution in [0.15, 0.2) is 12.1 Å². The summed E-state index contributed by atoms with van der Waals surface area (Å²) in [6, 6.07) is 2.75. The van der Waals surface area contributed by atoms with Crippen molar-refractivity contribution in [3.8, 4) is 0 Å². The average molecular weight is 385 g/mol. The molecule has 1 amide bonds. The number of carbonyl (C=O) groups is 2. The Hall–Kier alpha value is -2.25. The summed E-state index contributed by atoms with van der Waals surface area (Å²) in [6.45, 7) is 5.05. The first-order valence-corrected chi connectivity index (χ1v) is 8.14. The van der Waals surface area contributed by atoms with Crippen molar-refractivity contribution in [2.75, 3.05) is 11.1 Å². The predicted molar refractivity (Wildman–Crippen MR) is 97.1 cm³/mol. The lowest BCUT2D eigenvalue weighted by molar-refractivity contribution is -0.123. The Labute approximate surface area is 155 Å². The number of halogens is 2. The highest BCUT2D eigenvalue weighted by Crippen LogP contribution is 2.28. The smallest absolute Gasteiger partial charge is 0.341 e. The van der Waals surface area contributed by atoms with Crippen LogP contribution in [-0.2, 0) is 16.6 Å². The van der Waals surface area contributed by atoms with Crippen molar-refractivity contribution in [3.63, 3.8) is 0 Å². The van der Waals surface area contributed by atoms with Gasteiger partial charge in [-0.1, -0.05) is 23.2 Å². The molecule has 0 bridgehead atoms. The molecule has 2 aromatic rings. The van der Waals surface area contributed by atoms with Crippen molar-refractivity contribution in [2.45, 2.75) is 26.9 Å². The van der Waals surface area contributed by atoms with Gasteiger partial charge in [0.2, 0.25) is 0 Å². The van der Waals surface area contributed by atoms with E-state index in [0.29, 0.717) is 11.4 Å². The van der Waals surface area contributed by atoms with Crippen LogP contribution in [0.25, 0.3) is 0 Å². The van der Waals surface area contributed by atoms with Crippen LogP contribution in [0.1, 0.15) is 28.7 Å². The zero-order chi connectivity index (χ0) is 18.9. The zero-order valence-corrected chi connectivity index (χ0v) is 15.7. The maximum Gasteiger partial charge on any atom is 0.341 e. The summed E-state index contributed by atoms with van der Waals surface area (Å²) in [5.74, 6) is -1.27. The van der Waals surface area contributed by atoms with Crippen molar-refractivity contribution in [1.29, 1.82) is 0 Å². The van der Waals surface area contributed by atoms with Gasteiger partial charge in [0.15, 0.2) is 6.10 Å². The van der Waals surface area contributed by atoms with Crippen LogP contribution >= 0.6 is 23.2 Å². The maximum atomic E-state index is 12.3. The number of ether oxygens (including phenoxy) is 1. The first kappa shape index (κ1) is 19.1. The fraction of sp³-hybridized carbons (Fsp3) is 0.312. The highest BCUT2D eigenvalue weighted by Gasteiger charge is 2.23. The van der Waals surface area contributed by atoms with Gasteiger partial charge >= 0.3 is 5.97 Å². The van der Waals surface area contributed by atoms with E-state index in [1.54, 1.807) is 18.7 Å². The lowest BCUT2D eigenvalue weighted by Gasteiger charge is -2.15. The second-order valence-corrected chi connectivity index (χ2v) is 6.40. The average Bonchev–Trinajstić information content (AvgIpc) is 2.76. The molecule has 0 aliphatic carbocycles. The van der Waals surface area contributed by atoms with Gasteiger partial charge in [0.1, 0.15) is 0 Å². The fourth-order valence-electron chi connectivity index (χ4n) is 2.21. The van der Waals surface area contributed by atoms with Gasteiger partial charge < -0.3 is 15.8 Å². The van der Waals surface area contributed by atoms with E-state index in [0.717, 1.165) is 5.69 Å². The minimum Gasteiger partial charge on any atom is -0.449 e. The van der Waals surface area contributed by atoms with Crippen LogP contribution in [0.2, 0.25) is 10.0 Å². The second-order valence-electron chi connectivity index (χ2n) is 5.56. The SMILES string of the molecule is Cc1nn(C)c(C)c1NC(=O)[C@@H](C)OC(=O)c1cc(Cl)cc(Cl)c1N. The first-order chi connectivity index (χ1) is 11.6. The van der Waals surface area contributed by atoms with Gasteiger partial charge in [-0.25, -0.2) is 4.79 Å². The molecule has 1 heterocycles. The van der Waals surface area contributed by atoms with Gasteiger partial charge in [0.25, 0.3) is 5.91 Å². The molecule has 0 spiro atoms. The number of nitrogens with zero attached hydrogens (tertiary/aromatic N) is 2. The summed E-state index contributed by atoms with van der Waals surface area (Å²) in [4.78, 5) is 24.6. The van der Waals surface area contributed by atoms with Crippen LogP contribution in [-0.4, -0.2) is 27.8 Å². The minimum absolute atomic E-state index is 0.00545. The topological polar surface area (TPSA) is 99.2 Å². The molecule has 1 atom stereocenters. The van der Waals surface area contributed by atoms with E-state index in [1.165, 1.54) is 19.1 Å². The highest BCUT2D eigenvalue weighted by atomic mass is 35.5. The molecule has 0 radical (unpaired) electrons. The Balaban J connectivity index is 2.12. The number of hydrogen-bond donors (Lipinski definition) is 2. The number of nitrogens with two attached hydrogens (primary N) is 1. The number of hydrogen-bond acceptors (Lipinski definition) is 5. The van der Waals surface area contributed by atoms with Gasteiger partial charge in [-0.15, -0.1) is 0 Å². The molecule has 1 aromatic carbocycles. The molecule has 1 aromatic heterocycles. The Morgan fingerprint density at radius 1 is 1.32 bits per heavy atom. The molecule has 7 nitrogen and oxygen atoms in total. The van der Waals surface area contributed by atoms with Gasteiger partial charge in [-0.05, 0) is 32.9 Å². The maximum absolute atomic E-state index is 12.3. The van der Waals surface area contributed by atoms with Crippen LogP contribution in [0.4, 0.5) is 11.4 Å². The van der Waals surface area contributed by atoms with Crippen molar-refractivity contribution < 1.29 is 14.3 Å². The van der Waals surface area contributed by atoms with E-state index in [1.807, 2.05) is 6.92 Å². The lowest BCUT2D eigenvalue weighted by atomic mass is 10.2. The molecule has 2 rings (SSSR count). The predicted octanol–water partition coefficient (Wildman–Crippen LogP) is 3.11. The molecule has 25 heavy (non-hydrogen) atoms. The summed E-state index contributed by atoms with van der Waals surface area (Å²) in [5, 5.41) is 7.30. The number of esters is 1. The normalized spacial score (nSPS) is 11.9. The standard InChI is InChI=1S/C16H18Cl2N4O3/c1-7-14(8(2)22(4)21-7)20-15(23)9(3)25-16(24)11-5-10(17)6-12(18)13(11)19/h5-6,9H,19H2,1-4H3,(H,20,23)/t9-/m1/s1. The van der Waals surface area contributed by atoms with Gasteiger partial charge in [0.05, 0.1) is 33.3 Å². The summed E-state index contributed by atoms with van der Waals surface area (Å²) < 4.78 is 6.82. The van der Waals surface area contributed by atoms with Crippen molar-refractivity contribution >= 4 is 46.5 Å². The van der Waals surface area contributed by atoms with Crippen LogP contribution in [0.3, 0.4) is 0 Å². The number of nitrogen functional groups attached to an aromatic ring is 1. The molecule has 3 N–H and O–H groups in total. The van der Waals surface area contributed by atoms with E-state index in [4.69, 9.17) is 33.7 Å². The third kappa shape index (κ3) is 4.05. The summed E-state index contributed by atoms with van der Waals surface area (Å²) in [7, 11) is 1.77. The van der Waals surface area contributed by atoms with E-state index in [-0.39, 0.29) is 21.3 Å². The molecule has 9 heteroatoms. The molecule has 0 aliphatic heterocycles. The van der Waals surface area contributed by atoms with E-state index in [2.05, 4.69) is 10.4 Å². The molecule has 0 unspecified atom stereocenters. The highest BCUT2D eigenvalue weighted by molar-refractivity contribution is 6.37. The second kappa shape index (κ2) is 7.33. The first-order valence-electron chi connectivity index (χ1n) is 7.38. The number of benzene rings is 1. The van der Waals surface area contributed by atoms with Crippen molar-refractivity contribution in [1.82, 2.24) is 9.78 Å². The van der Waals surface area contributed by atoms with E-state index in [9.17, 15) is 9.59 Å². The molecule has 134 valence electrons. The number of nitrogens with one attached hydrogen (secondary N) is 1. The van der Waals surface area contributed by atoms with Gasteiger partial charge in [-0.3, -0.25) is 9.48 Å². The largest absolute Gasteiger partial charge is 0.449 e. The van der Waals surface area contributed by atoms with Gasteiger partial charge in [0, 0.05) is 12.1 Å². The third-order valence-electron chi connectivity index (χ3n) is 3.72. The molecule has 0 aliphatic rings. The van der Waals surface area contributed by atoms with Crippen LogP contribution in [0, 0.1) is 13.8 Å². The Bertz CT molecular complexity index is 848. The Morgan fingerprint density at radius 2 is 1.96 bits per heavy atom. The number of aryl methyl sites for hydroxylation is 2. The molecular weight excluding hydrogens is 367 g/mol. The zero-order valence-electron chi connectivity index (χ0n) is 14.2. The number of carbonyl (C=O) groups excluding carboxylic acids is 2. The van der Waals surface area contributed by atoms with Crippen molar-refractivity contribution in [2.24, 2.45) is 7.05 Å². The molecule has 0 saturated heterocycles. The molecule has 0 saturated carbocycles. The summed E-state index contributed by atoms with van der Waals surface area (Å²) in [6.07, 6.45) is -1.05. The Kier molecular flexibility index (Phi) is 5.59. The number of rotatable bonds is 4. The van der Waals surface area contributed by atoms with E-state index >= 15 is 0 Å². The molecular formula is C16H18Cl2N4O3. The number of aromatic nitrogens is 2. The summed E-state index contributed by atoms with van der Waals surface area (Å²) >= 11 is 11.8. The summed E-state index contributed by atoms with van der Waals surface area (Å²) in [5.41, 5.74) is 7.85. The number of amides is 1. The monoisotopic (exact) mass is 384 g/mol. The molecule has 0 fully saturated rings. The number of anilines is 2. The van der Waals surface area contributed by atoms with Crippen LogP contribution in [0.5, 0.6) is 0 Å². The Morgan fingerprint density at radius 3 is 2.52 bits per heavy atom. The van der Waals surface area contributed by atoms with Crippen LogP contribution < -0.4 is 11.1 Å². The lowest BCUT2D eigenvalue weighted by Crippen LogP contribution is -2.30. The fourth-order valence-corrected chi connectivity index (χ4v) is 2.70. The quantitative estimate of drug-likeness (QED) is 0.622. The van der Waals surface area contributed by atoms with Crippen molar-refractivity contribution in [3.05, 3.63) is 39.1 Å². The minimum atomic E-state index is -1.05.